The molecule has 4 rings (SSSR count). The molecule has 2 unspecified atom stereocenters. The van der Waals surface area contributed by atoms with E-state index >= 15 is 0 Å². The maximum atomic E-state index is 9.56. The van der Waals surface area contributed by atoms with Crippen LogP contribution in [0, 0.1) is 5.92 Å². The van der Waals surface area contributed by atoms with Gasteiger partial charge in [-0.25, -0.2) is 0 Å². The molecule has 3 aliphatic heterocycles. The van der Waals surface area contributed by atoms with Crippen LogP contribution in [-0.4, -0.2) is 40.8 Å². The van der Waals surface area contributed by atoms with E-state index < -0.39 is 0 Å². The maximum Gasteiger partial charge on any atom is 0.119 e. The average molecular weight is 262 g/mol. The Morgan fingerprint density at radius 1 is 1.16 bits per heavy atom. The van der Waals surface area contributed by atoms with Crippen molar-refractivity contribution in [2.75, 3.05) is 19.6 Å². The van der Waals surface area contributed by atoms with Crippen molar-refractivity contribution in [1.29, 1.82) is 0 Å². The number of aromatic hydroxyl groups is 2. The molecule has 2 atom stereocenters. The smallest absolute Gasteiger partial charge is 0.119 e. The molecule has 0 aromatic heterocycles. The molecule has 104 valence electrons. The zero-order chi connectivity index (χ0) is 13.4. The molecule has 3 fully saturated rings. The fourth-order valence-electron chi connectivity index (χ4n) is 3.44. The van der Waals surface area contributed by atoms with Crippen LogP contribution in [0.5, 0.6) is 11.5 Å². The van der Waals surface area contributed by atoms with Crippen LogP contribution in [0.3, 0.4) is 0 Å². The molecular formula is C15H22N2O2. The molecule has 3 heterocycles. The van der Waals surface area contributed by atoms with Crippen LogP contribution in [-0.2, 0) is 0 Å². The van der Waals surface area contributed by atoms with Gasteiger partial charge < -0.3 is 20.4 Å². The summed E-state index contributed by atoms with van der Waals surface area (Å²) in [6.45, 7) is 5.69. The third kappa shape index (κ3) is 2.69. The van der Waals surface area contributed by atoms with Crippen molar-refractivity contribution in [2.24, 2.45) is 5.92 Å². The predicted molar refractivity (Wildman–Crippen MR) is 74.3 cm³/mol. The molecule has 1 aromatic rings. The molecule has 0 amide bonds. The van der Waals surface area contributed by atoms with Gasteiger partial charge in [-0.05, 0) is 56.5 Å². The van der Waals surface area contributed by atoms with E-state index in [-0.39, 0.29) is 17.5 Å². The quantitative estimate of drug-likeness (QED) is 0.778. The second kappa shape index (κ2) is 5.02. The fraction of sp³-hybridized carbons (Fsp3) is 0.600. The van der Waals surface area contributed by atoms with Crippen LogP contribution in [0.4, 0.5) is 0 Å². The van der Waals surface area contributed by atoms with Gasteiger partial charge in [0.15, 0.2) is 0 Å². The largest absolute Gasteiger partial charge is 0.508 e. The minimum atomic E-state index is 0.123. The first-order valence-electron chi connectivity index (χ1n) is 7.13. The second-order valence-electron chi connectivity index (χ2n) is 5.92. The summed E-state index contributed by atoms with van der Waals surface area (Å²) in [5.41, 5.74) is 0.939. The number of nitrogens with zero attached hydrogens (tertiary/aromatic N) is 1. The molecule has 0 aliphatic carbocycles. The van der Waals surface area contributed by atoms with Gasteiger partial charge in [-0.2, -0.15) is 0 Å². The molecule has 0 radical (unpaired) electrons. The highest BCUT2D eigenvalue weighted by molar-refractivity contribution is 5.38. The van der Waals surface area contributed by atoms with Crippen LogP contribution < -0.4 is 5.32 Å². The standard InChI is InChI=1S/C15H22N2O2/c1-10(12-6-13(18)8-14(19)7-12)16-15-9-17-4-2-11(15)3-5-17/h6-8,10-11,15-16,18-19H,2-5,9H2,1H3. The second-order valence-corrected chi connectivity index (χ2v) is 5.92. The predicted octanol–water partition coefficient (Wildman–Crippen LogP) is 1.84. The summed E-state index contributed by atoms with van der Waals surface area (Å²) in [7, 11) is 0. The Hall–Kier alpha value is -1.26. The van der Waals surface area contributed by atoms with E-state index in [1.54, 1.807) is 12.1 Å². The van der Waals surface area contributed by atoms with E-state index in [9.17, 15) is 10.2 Å². The number of phenolic OH excluding ortho intramolecular Hbond substituents is 2. The van der Waals surface area contributed by atoms with Crippen LogP contribution in [0.25, 0.3) is 0 Å². The van der Waals surface area contributed by atoms with Gasteiger partial charge in [-0.15, -0.1) is 0 Å². The van der Waals surface area contributed by atoms with Gasteiger partial charge in [0.2, 0.25) is 0 Å². The van der Waals surface area contributed by atoms with Gasteiger partial charge in [0.05, 0.1) is 0 Å². The van der Waals surface area contributed by atoms with E-state index in [1.165, 1.54) is 32.0 Å². The number of nitrogens with one attached hydrogen (secondary N) is 1. The molecule has 19 heavy (non-hydrogen) atoms. The van der Waals surface area contributed by atoms with Crippen LogP contribution in [0.15, 0.2) is 18.2 Å². The summed E-state index contributed by atoms with van der Waals surface area (Å²) in [4.78, 5) is 2.52. The van der Waals surface area contributed by atoms with Crippen molar-refractivity contribution in [3.8, 4) is 11.5 Å². The van der Waals surface area contributed by atoms with Crippen molar-refractivity contribution in [2.45, 2.75) is 31.8 Å². The van der Waals surface area contributed by atoms with E-state index in [1.807, 2.05) is 0 Å². The highest BCUT2D eigenvalue weighted by Gasteiger charge is 2.34. The zero-order valence-electron chi connectivity index (χ0n) is 11.3. The van der Waals surface area contributed by atoms with Gasteiger partial charge in [0.1, 0.15) is 11.5 Å². The van der Waals surface area contributed by atoms with Gasteiger partial charge >= 0.3 is 0 Å². The lowest BCUT2D eigenvalue weighted by Crippen LogP contribution is -2.56. The van der Waals surface area contributed by atoms with Gasteiger partial charge in [-0.1, -0.05) is 0 Å². The summed E-state index contributed by atoms with van der Waals surface area (Å²) in [6.07, 6.45) is 2.57. The van der Waals surface area contributed by atoms with Crippen molar-refractivity contribution in [3.63, 3.8) is 0 Å². The summed E-state index contributed by atoms with van der Waals surface area (Å²) < 4.78 is 0. The molecule has 0 saturated carbocycles. The molecule has 4 heteroatoms. The average Bonchev–Trinajstić information content (AvgIpc) is 2.39. The Balaban J connectivity index is 1.69. The molecule has 0 spiro atoms. The van der Waals surface area contributed by atoms with E-state index in [4.69, 9.17) is 0 Å². The highest BCUT2D eigenvalue weighted by Crippen LogP contribution is 2.30. The molecular weight excluding hydrogens is 240 g/mol. The fourth-order valence-corrected chi connectivity index (χ4v) is 3.44. The van der Waals surface area contributed by atoms with Crippen molar-refractivity contribution < 1.29 is 10.2 Å². The van der Waals surface area contributed by atoms with Gasteiger partial charge in [-0.3, -0.25) is 0 Å². The van der Waals surface area contributed by atoms with Crippen LogP contribution >= 0.6 is 0 Å². The van der Waals surface area contributed by atoms with E-state index in [0.717, 1.165) is 18.0 Å². The van der Waals surface area contributed by atoms with Gasteiger partial charge in [0.25, 0.3) is 0 Å². The monoisotopic (exact) mass is 262 g/mol. The molecule has 3 N–H and O–H groups in total. The first-order chi connectivity index (χ1) is 9.11. The van der Waals surface area contributed by atoms with Gasteiger partial charge in [0, 0.05) is 24.7 Å². The third-order valence-electron chi connectivity index (χ3n) is 4.55. The SMILES string of the molecule is CC(NC1CN2CCC1CC2)c1cc(O)cc(O)c1. The number of hydrogen-bond donors (Lipinski definition) is 3. The minimum Gasteiger partial charge on any atom is -0.508 e. The Morgan fingerprint density at radius 2 is 1.79 bits per heavy atom. The van der Waals surface area contributed by atoms with Crippen LogP contribution in [0.1, 0.15) is 31.4 Å². The zero-order valence-corrected chi connectivity index (χ0v) is 11.3. The highest BCUT2D eigenvalue weighted by atomic mass is 16.3. The summed E-state index contributed by atoms with van der Waals surface area (Å²) in [6, 6.07) is 5.48. The maximum absolute atomic E-state index is 9.56. The third-order valence-corrected chi connectivity index (χ3v) is 4.55. The molecule has 2 bridgehead atoms. The number of rotatable bonds is 3. The van der Waals surface area contributed by atoms with Crippen LogP contribution in [0.2, 0.25) is 0 Å². The lowest BCUT2D eigenvalue weighted by Gasteiger charge is -2.46. The Kier molecular flexibility index (Phi) is 3.37. The molecule has 3 aliphatic rings. The topological polar surface area (TPSA) is 55.7 Å². The van der Waals surface area contributed by atoms with E-state index in [0.29, 0.717) is 6.04 Å². The van der Waals surface area contributed by atoms with E-state index in [2.05, 4.69) is 17.1 Å². The first-order valence-corrected chi connectivity index (χ1v) is 7.13. The first kappa shape index (κ1) is 12.8. The number of fused-ring (bicyclic) bond motifs is 3. The van der Waals surface area contributed by atoms with Crippen molar-refractivity contribution in [1.82, 2.24) is 10.2 Å². The Bertz CT molecular complexity index is 435. The number of phenols is 2. The number of piperidine rings is 3. The van der Waals surface area contributed by atoms with Crippen molar-refractivity contribution >= 4 is 0 Å². The Labute approximate surface area is 114 Å². The molecule has 4 nitrogen and oxygen atoms in total. The van der Waals surface area contributed by atoms with Crippen molar-refractivity contribution in [3.05, 3.63) is 23.8 Å². The summed E-state index contributed by atoms with van der Waals surface area (Å²) in [5, 5.41) is 22.8. The lowest BCUT2D eigenvalue weighted by molar-refractivity contribution is 0.0680. The summed E-state index contributed by atoms with van der Waals surface area (Å²) >= 11 is 0. The number of benzene rings is 1. The minimum absolute atomic E-state index is 0.123. The molecule has 3 saturated heterocycles. The molecule has 1 aromatic carbocycles. The summed E-state index contributed by atoms with van der Waals surface area (Å²) in [5.74, 6) is 1.02. The lowest BCUT2D eigenvalue weighted by atomic mass is 9.83. The number of hydrogen-bond acceptors (Lipinski definition) is 4. The Morgan fingerprint density at radius 3 is 2.32 bits per heavy atom. The normalized spacial score (nSPS) is 31.3.